The number of esters is 1. The highest BCUT2D eigenvalue weighted by atomic mass is 79.9. The lowest BCUT2D eigenvalue weighted by Crippen LogP contribution is -2.11. The van der Waals surface area contributed by atoms with Crippen LogP contribution in [0.5, 0.6) is 0 Å². The van der Waals surface area contributed by atoms with Crippen LogP contribution in [0.15, 0.2) is 28.7 Å². The Morgan fingerprint density at radius 3 is 2.62 bits per heavy atom. The Kier molecular flexibility index (Phi) is 5.00. The standard InChI is InChI=1S/C13H17BrO2/c1-9(2)7-13(16-10(3)15)11-5-4-6-12(14)8-11/h4-6,8-9,13H,7H2,1-3H3. The number of halogens is 1. The molecule has 88 valence electrons. The van der Waals surface area contributed by atoms with Crippen LogP contribution in [-0.4, -0.2) is 5.97 Å². The highest BCUT2D eigenvalue weighted by molar-refractivity contribution is 9.10. The lowest BCUT2D eigenvalue weighted by atomic mass is 9.99. The van der Waals surface area contributed by atoms with E-state index in [-0.39, 0.29) is 12.1 Å². The molecule has 3 heteroatoms. The number of hydrogen-bond acceptors (Lipinski definition) is 2. The number of hydrogen-bond donors (Lipinski definition) is 0. The molecule has 0 aliphatic heterocycles. The third-order valence-electron chi connectivity index (χ3n) is 2.21. The fourth-order valence-electron chi connectivity index (χ4n) is 1.59. The van der Waals surface area contributed by atoms with E-state index in [4.69, 9.17) is 4.74 Å². The predicted octanol–water partition coefficient (Wildman–Crippen LogP) is 4.10. The third-order valence-corrected chi connectivity index (χ3v) is 2.71. The molecule has 16 heavy (non-hydrogen) atoms. The molecule has 0 amide bonds. The van der Waals surface area contributed by atoms with Crippen molar-refractivity contribution in [1.82, 2.24) is 0 Å². The van der Waals surface area contributed by atoms with Gasteiger partial charge in [0.1, 0.15) is 6.10 Å². The lowest BCUT2D eigenvalue weighted by Gasteiger charge is -2.19. The topological polar surface area (TPSA) is 26.3 Å². The first kappa shape index (κ1) is 13.2. The van der Waals surface area contributed by atoms with Gasteiger partial charge in [0.05, 0.1) is 0 Å². The second-order valence-electron chi connectivity index (χ2n) is 4.28. The smallest absolute Gasteiger partial charge is 0.303 e. The monoisotopic (exact) mass is 284 g/mol. The van der Waals surface area contributed by atoms with Crippen molar-refractivity contribution in [2.24, 2.45) is 5.92 Å². The van der Waals surface area contributed by atoms with E-state index < -0.39 is 0 Å². The maximum atomic E-state index is 11.1. The number of rotatable bonds is 4. The molecule has 0 spiro atoms. The molecule has 0 saturated heterocycles. The fraction of sp³-hybridized carbons (Fsp3) is 0.462. The Labute approximate surface area is 105 Å². The highest BCUT2D eigenvalue weighted by Crippen LogP contribution is 2.27. The fourth-order valence-corrected chi connectivity index (χ4v) is 2.00. The Morgan fingerprint density at radius 2 is 2.12 bits per heavy atom. The molecule has 1 aromatic carbocycles. The summed E-state index contributed by atoms with van der Waals surface area (Å²) in [6.45, 7) is 5.69. The number of benzene rings is 1. The molecule has 0 heterocycles. The molecule has 0 fully saturated rings. The molecule has 0 aromatic heterocycles. The van der Waals surface area contributed by atoms with E-state index in [1.54, 1.807) is 0 Å². The van der Waals surface area contributed by atoms with Gasteiger partial charge in [-0.25, -0.2) is 0 Å². The first-order chi connectivity index (χ1) is 7.49. The highest BCUT2D eigenvalue weighted by Gasteiger charge is 2.16. The van der Waals surface area contributed by atoms with E-state index >= 15 is 0 Å². The van der Waals surface area contributed by atoms with Crippen molar-refractivity contribution >= 4 is 21.9 Å². The van der Waals surface area contributed by atoms with Gasteiger partial charge in [-0.05, 0) is 30.0 Å². The minimum atomic E-state index is -0.231. The molecule has 0 N–H and O–H groups in total. The van der Waals surface area contributed by atoms with E-state index in [9.17, 15) is 4.79 Å². The van der Waals surface area contributed by atoms with Crippen molar-refractivity contribution in [3.8, 4) is 0 Å². The zero-order valence-electron chi connectivity index (χ0n) is 9.87. The molecule has 0 saturated carbocycles. The van der Waals surface area contributed by atoms with E-state index in [0.717, 1.165) is 16.5 Å². The van der Waals surface area contributed by atoms with Crippen LogP contribution >= 0.6 is 15.9 Å². The summed E-state index contributed by atoms with van der Waals surface area (Å²) in [7, 11) is 0. The van der Waals surface area contributed by atoms with Crippen LogP contribution in [0.3, 0.4) is 0 Å². The first-order valence-electron chi connectivity index (χ1n) is 5.41. The summed E-state index contributed by atoms with van der Waals surface area (Å²) in [6.07, 6.45) is 0.700. The first-order valence-corrected chi connectivity index (χ1v) is 6.21. The summed E-state index contributed by atoms with van der Waals surface area (Å²) in [5.74, 6) is 0.258. The second-order valence-corrected chi connectivity index (χ2v) is 5.20. The van der Waals surface area contributed by atoms with Crippen LogP contribution in [0.1, 0.15) is 38.9 Å². The van der Waals surface area contributed by atoms with Gasteiger partial charge in [-0.1, -0.05) is 41.9 Å². The SMILES string of the molecule is CC(=O)OC(CC(C)C)c1cccc(Br)c1. The van der Waals surface area contributed by atoms with Gasteiger partial charge in [0, 0.05) is 11.4 Å². The third kappa shape index (κ3) is 4.35. The molecule has 1 atom stereocenters. The van der Waals surface area contributed by atoms with Gasteiger partial charge in [-0.2, -0.15) is 0 Å². The lowest BCUT2D eigenvalue weighted by molar-refractivity contribution is -0.147. The van der Waals surface area contributed by atoms with Crippen molar-refractivity contribution < 1.29 is 9.53 Å². The van der Waals surface area contributed by atoms with E-state index in [1.165, 1.54) is 6.92 Å². The van der Waals surface area contributed by atoms with Crippen molar-refractivity contribution in [2.75, 3.05) is 0 Å². The molecule has 1 unspecified atom stereocenters. The molecule has 0 bridgehead atoms. The zero-order valence-corrected chi connectivity index (χ0v) is 11.5. The molecule has 1 rings (SSSR count). The summed E-state index contributed by atoms with van der Waals surface area (Å²) in [4.78, 5) is 11.1. The molecule has 2 nitrogen and oxygen atoms in total. The van der Waals surface area contributed by atoms with E-state index in [1.807, 2.05) is 24.3 Å². The average molecular weight is 285 g/mol. The minimum absolute atomic E-state index is 0.144. The Morgan fingerprint density at radius 1 is 1.44 bits per heavy atom. The minimum Gasteiger partial charge on any atom is -0.458 e. The van der Waals surface area contributed by atoms with Crippen molar-refractivity contribution in [1.29, 1.82) is 0 Å². The second kappa shape index (κ2) is 6.04. The van der Waals surface area contributed by atoms with Crippen molar-refractivity contribution in [3.63, 3.8) is 0 Å². The maximum Gasteiger partial charge on any atom is 0.303 e. The van der Waals surface area contributed by atoms with Crippen LogP contribution < -0.4 is 0 Å². The van der Waals surface area contributed by atoms with Gasteiger partial charge in [-0.3, -0.25) is 4.79 Å². The maximum absolute atomic E-state index is 11.1. The van der Waals surface area contributed by atoms with Crippen LogP contribution in [0, 0.1) is 5.92 Å². The zero-order chi connectivity index (χ0) is 12.1. The molecule has 1 aromatic rings. The summed E-state index contributed by atoms with van der Waals surface area (Å²) < 4.78 is 6.35. The van der Waals surface area contributed by atoms with Crippen molar-refractivity contribution in [3.05, 3.63) is 34.3 Å². The summed E-state index contributed by atoms with van der Waals surface area (Å²) in [6, 6.07) is 7.90. The normalized spacial score (nSPS) is 12.6. The van der Waals surface area contributed by atoms with Gasteiger partial charge < -0.3 is 4.74 Å². The van der Waals surface area contributed by atoms with Gasteiger partial charge in [-0.15, -0.1) is 0 Å². The van der Waals surface area contributed by atoms with Crippen LogP contribution in [0.2, 0.25) is 0 Å². The number of carbonyl (C=O) groups excluding carboxylic acids is 1. The molecular formula is C13H17BrO2. The Hall–Kier alpha value is -0.830. The number of ether oxygens (including phenoxy) is 1. The van der Waals surface area contributed by atoms with Crippen LogP contribution in [-0.2, 0) is 9.53 Å². The molecule has 0 radical (unpaired) electrons. The molecular weight excluding hydrogens is 268 g/mol. The largest absolute Gasteiger partial charge is 0.458 e. The van der Waals surface area contributed by atoms with E-state index in [0.29, 0.717) is 5.92 Å². The summed E-state index contributed by atoms with van der Waals surface area (Å²) in [5.41, 5.74) is 1.04. The quantitative estimate of drug-likeness (QED) is 0.778. The van der Waals surface area contributed by atoms with Crippen LogP contribution in [0.25, 0.3) is 0 Å². The molecule has 0 aliphatic carbocycles. The summed E-state index contributed by atoms with van der Waals surface area (Å²) >= 11 is 3.42. The van der Waals surface area contributed by atoms with Gasteiger partial charge in [0.25, 0.3) is 0 Å². The van der Waals surface area contributed by atoms with Gasteiger partial charge >= 0.3 is 5.97 Å². The molecule has 0 aliphatic rings. The van der Waals surface area contributed by atoms with Gasteiger partial charge in [0.2, 0.25) is 0 Å². The van der Waals surface area contributed by atoms with Crippen molar-refractivity contribution in [2.45, 2.75) is 33.3 Å². The van der Waals surface area contributed by atoms with Gasteiger partial charge in [0.15, 0.2) is 0 Å². The Bertz CT molecular complexity index is 361. The predicted molar refractivity (Wildman–Crippen MR) is 68.1 cm³/mol. The van der Waals surface area contributed by atoms with Crippen LogP contribution in [0.4, 0.5) is 0 Å². The average Bonchev–Trinajstić information content (AvgIpc) is 2.15. The summed E-state index contributed by atoms with van der Waals surface area (Å²) in [5, 5.41) is 0. The number of carbonyl (C=O) groups is 1. The Balaban J connectivity index is 2.86. The van der Waals surface area contributed by atoms with E-state index in [2.05, 4.69) is 29.8 Å².